The lowest BCUT2D eigenvalue weighted by molar-refractivity contribution is -0.137. The molecule has 0 aliphatic carbocycles. The van der Waals surface area contributed by atoms with E-state index in [-0.39, 0.29) is 17.9 Å². The maximum Gasteiger partial charge on any atom is 0.416 e. The molecule has 35 heavy (non-hydrogen) atoms. The molecule has 2 aromatic carbocycles. The number of halogens is 3. The number of thiazole rings is 1. The molecule has 1 aliphatic heterocycles. The second-order valence-electron chi connectivity index (χ2n) is 7.72. The van der Waals surface area contributed by atoms with Crippen molar-refractivity contribution in [3.05, 3.63) is 92.7 Å². The van der Waals surface area contributed by atoms with Crippen LogP contribution in [0.5, 0.6) is 11.5 Å². The summed E-state index contributed by atoms with van der Waals surface area (Å²) in [4.78, 5) is 17.7. The van der Waals surface area contributed by atoms with Gasteiger partial charge in [-0.2, -0.15) is 22.7 Å². The largest absolute Gasteiger partial charge is 0.485 e. The molecule has 0 unspecified atom stereocenters. The third-order valence-electron chi connectivity index (χ3n) is 5.37. The summed E-state index contributed by atoms with van der Waals surface area (Å²) in [6.45, 7) is 0.215. The van der Waals surface area contributed by atoms with Crippen LogP contribution in [0.4, 0.5) is 13.2 Å². The Balaban J connectivity index is 1.28. The van der Waals surface area contributed by atoms with Gasteiger partial charge >= 0.3 is 6.18 Å². The Kier molecular flexibility index (Phi) is 4.88. The van der Waals surface area contributed by atoms with Gasteiger partial charge in [0.15, 0.2) is 23.4 Å². The molecule has 3 aromatic heterocycles. The van der Waals surface area contributed by atoms with E-state index in [0.717, 1.165) is 23.5 Å². The van der Waals surface area contributed by atoms with E-state index in [1.165, 1.54) is 22.7 Å². The Bertz CT molecular complexity index is 1670. The Morgan fingerprint density at radius 3 is 2.69 bits per heavy atom. The SMILES string of the molecule is O=c1/c(=C\c2ccc(-c3cccc(C(F)(F)F)c3)o2)sc2nc([C@@H]3COc4ccccc4O3)nn12. The van der Waals surface area contributed by atoms with Gasteiger partial charge in [0.25, 0.3) is 5.56 Å². The van der Waals surface area contributed by atoms with Crippen LogP contribution in [0.15, 0.2) is 69.9 Å². The number of fused-ring (bicyclic) bond motifs is 2. The van der Waals surface area contributed by atoms with Gasteiger partial charge in [0, 0.05) is 11.6 Å². The van der Waals surface area contributed by atoms with Crippen molar-refractivity contribution < 1.29 is 27.1 Å². The summed E-state index contributed by atoms with van der Waals surface area (Å²) >= 11 is 1.12. The first kappa shape index (κ1) is 21.4. The van der Waals surface area contributed by atoms with E-state index >= 15 is 0 Å². The summed E-state index contributed by atoms with van der Waals surface area (Å²) in [5.41, 5.74) is -0.876. The van der Waals surface area contributed by atoms with Crippen molar-refractivity contribution in [2.24, 2.45) is 0 Å². The van der Waals surface area contributed by atoms with Gasteiger partial charge in [0.2, 0.25) is 4.96 Å². The first-order chi connectivity index (χ1) is 16.8. The summed E-state index contributed by atoms with van der Waals surface area (Å²) in [6.07, 6.45) is -3.49. The Morgan fingerprint density at radius 2 is 1.89 bits per heavy atom. The topological polar surface area (TPSA) is 78.9 Å². The van der Waals surface area contributed by atoms with Gasteiger partial charge in [0.05, 0.1) is 5.56 Å². The van der Waals surface area contributed by atoms with E-state index < -0.39 is 23.4 Å². The third-order valence-corrected chi connectivity index (χ3v) is 6.33. The van der Waals surface area contributed by atoms with Gasteiger partial charge < -0.3 is 13.9 Å². The summed E-state index contributed by atoms with van der Waals surface area (Å²) in [7, 11) is 0. The van der Waals surface area contributed by atoms with Crippen LogP contribution >= 0.6 is 11.3 Å². The Hall–Kier alpha value is -4.12. The van der Waals surface area contributed by atoms with Gasteiger partial charge in [-0.05, 0) is 36.4 Å². The molecule has 1 atom stereocenters. The van der Waals surface area contributed by atoms with Crippen molar-refractivity contribution in [1.29, 1.82) is 0 Å². The van der Waals surface area contributed by atoms with Crippen LogP contribution in [0.2, 0.25) is 0 Å². The van der Waals surface area contributed by atoms with Gasteiger partial charge in [-0.25, -0.2) is 0 Å². The highest BCUT2D eigenvalue weighted by atomic mass is 32.1. The first-order valence-electron chi connectivity index (χ1n) is 10.4. The number of ether oxygens (including phenoxy) is 2. The fraction of sp³-hybridized carbons (Fsp3) is 0.125. The minimum absolute atomic E-state index is 0.215. The highest BCUT2D eigenvalue weighted by Crippen LogP contribution is 2.35. The van der Waals surface area contributed by atoms with E-state index in [1.54, 1.807) is 24.3 Å². The molecule has 11 heteroatoms. The standard InChI is InChI=1S/C24H14F3N3O4S/c25-24(26,27)14-5-3-4-13(10-14)16-9-8-15(33-16)11-20-22(31)30-23(35-20)28-21(29-30)19-12-32-17-6-1-2-7-18(17)34-19/h1-11,19H,12H2/b20-11+/t19-/m0/s1. The molecule has 0 saturated carbocycles. The number of hydrogen-bond donors (Lipinski definition) is 0. The zero-order valence-electron chi connectivity index (χ0n) is 17.7. The van der Waals surface area contributed by atoms with E-state index in [0.29, 0.717) is 32.6 Å². The van der Waals surface area contributed by atoms with Crippen molar-refractivity contribution in [1.82, 2.24) is 14.6 Å². The molecule has 0 amide bonds. The molecule has 176 valence electrons. The normalized spacial score (nSPS) is 16.2. The number of rotatable bonds is 3. The van der Waals surface area contributed by atoms with Crippen molar-refractivity contribution in [2.45, 2.75) is 12.3 Å². The minimum Gasteiger partial charge on any atom is -0.485 e. The van der Waals surface area contributed by atoms with Crippen LogP contribution in [0.1, 0.15) is 23.3 Å². The van der Waals surface area contributed by atoms with E-state index in [1.807, 2.05) is 12.1 Å². The van der Waals surface area contributed by atoms with Crippen molar-refractivity contribution >= 4 is 22.4 Å². The monoisotopic (exact) mass is 497 g/mol. The average Bonchev–Trinajstić information content (AvgIpc) is 3.56. The fourth-order valence-electron chi connectivity index (χ4n) is 3.70. The molecule has 0 radical (unpaired) electrons. The van der Waals surface area contributed by atoms with Gasteiger partial charge in [0.1, 0.15) is 22.7 Å². The van der Waals surface area contributed by atoms with Crippen LogP contribution < -0.4 is 19.6 Å². The minimum atomic E-state index is -4.45. The molecular weight excluding hydrogens is 483 g/mol. The average molecular weight is 497 g/mol. The molecule has 0 fully saturated rings. The summed E-state index contributed by atoms with van der Waals surface area (Å²) < 4.78 is 57.8. The highest BCUT2D eigenvalue weighted by Gasteiger charge is 2.31. The zero-order valence-corrected chi connectivity index (χ0v) is 18.5. The second-order valence-corrected chi connectivity index (χ2v) is 8.73. The maximum absolute atomic E-state index is 13.0. The van der Waals surface area contributed by atoms with E-state index in [9.17, 15) is 18.0 Å². The number of furan rings is 1. The number of nitrogens with zero attached hydrogens (tertiary/aromatic N) is 3. The molecule has 0 N–H and O–H groups in total. The number of aromatic nitrogens is 3. The lowest BCUT2D eigenvalue weighted by atomic mass is 10.1. The molecule has 7 nitrogen and oxygen atoms in total. The lowest BCUT2D eigenvalue weighted by Gasteiger charge is -2.24. The highest BCUT2D eigenvalue weighted by molar-refractivity contribution is 7.15. The predicted octanol–water partition coefficient (Wildman–Crippen LogP) is 4.49. The molecule has 5 aromatic rings. The quantitative estimate of drug-likeness (QED) is 0.366. The zero-order chi connectivity index (χ0) is 24.2. The number of para-hydroxylation sites is 2. The summed E-state index contributed by atoms with van der Waals surface area (Å²) in [5, 5.41) is 4.30. The van der Waals surface area contributed by atoms with Crippen LogP contribution in [-0.4, -0.2) is 21.2 Å². The number of hydrogen-bond acceptors (Lipinski definition) is 7. The molecule has 1 aliphatic rings. The fourth-order valence-corrected chi connectivity index (χ4v) is 4.59. The molecule has 4 heterocycles. The van der Waals surface area contributed by atoms with Crippen molar-refractivity contribution in [2.75, 3.05) is 6.61 Å². The smallest absolute Gasteiger partial charge is 0.416 e. The maximum atomic E-state index is 13.0. The van der Waals surface area contributed by atoms with E-state index in [4.69, 9.17) is 13.9 Å². The second kappa shape index (κ2) is 7.98. The van der Waals surface area contributed by atoms with Crippen molar-refractivity contribution in [3.63, 3.8) is 0 Å². The molecule has 0 saturated heterocycles. The molecular formula is C24H14F3N3O4S. The van der Waals surface area contributed by atoms with Gasteiger partial charge in [-0.3, -0.25) is 4.79 Å². The lowest BCUT2D eigenvalue weighted by Crippen LogP contribution is -2.26. The number of benzene rings is 2. The molecule has 0 bridgehead atoms. The summed E-state index contributed by atoms with van der Waals surface area (Å²) in [5.74, 6) is 2.12. The van der Waals surface area contributed by atoms with Crippen molar-refractivity contribution in [3.8, 4) is 22.8 Å². The first-order valence-corrected chi connectivity index (χ1v) is 11.2. The molecule has 6 rings (SSSR count). The van der Waals surface area contributed by atoms with Gasteiger partial charge in [-0.1, -0.05) is 35.6 Å². The van der Waals surface area contributed by atoms with Crippen LogP contribution in [0.25, 0.3) is 22.4 Å². The van der Waals surface area contributed by atoms with Gasteiger partial charge in [-0.15, -0.1) is 5.10 Å². The van der Waals surface area contributed by atoms with E-state index in [2.05, 4.69) is 10.1 Å². The predicted molar refractivity (Wildman–Crippen MR) is 120 cm³/mol. The number of alkyl halides is 3. The summed E-state index contributed by atoms with van der Waals surface area (Å²) in [6, 6.07) is 15.2. The third kappa shape index (κ3) is 3.93. The van der Waals surface area contributed by atoms with Crippen LogP contribution in [-0.2, 0) is 6.18 Å². The van der Waals surface area contributed by atoms with Crippen LogP contribution in [0.3, 0.4) is 0 Å². The van der Waals surface area contributed by atoms with Crippen LogP contribution in [0, 0.1) is 0 Å². The Morgan fingerprint density at radius 1 is 1.06 bits per heavy atom. The molecule has 0 spiro atoms. The Labute approximate surface area is 198 Å².